The van der Waals surface area contributed by atoms with Crippen LogP contribution in [-0.4, -0.2) is 25.9 Å². The van der Waals surface area contributed by atoms with Crippen LogP contribution in [-0.2, 0) is 11.3 Å². The first-order valence-electron chi connectivity index (χ1n) is 5.75. The van der Waals surface area contributed by atoms with Crippen LogP contribution in [0.5, 0.6) is 0 Å². The smallest absolute Gasteiger partial charge is 0.275 e. The quantitative estimate of drug-likeness (QED) is 0.772. The summed E-state index contributed by atoms with van der Waals surface area (Å²) in [5, 5.41) is 15.5. The lowest BCUT2D eigenvalue weighted by molar-refractivity contribution is -0.117. The van der Waals surface area contributed by atoms with Gasteiger partial charge in [0.05, 0.1) is 11.6 Å². The molecule has 0 saturated carbocycles. The van der Waals surface area contributed by atoms with Crippen molar-refractivity contribution in [1.29, 1.82) is 0 Å². The number of hydrogen-bond donors (Lipinski definition) is 1. The van der Waals surface area contributed by atoms with Crippen LogP contribution in [0.4, 0.5) is 5.13 Å². The second kappa shape index (κ2) is 5.17. The first-order valence-corrected chi connectivity index (χ1v) is 6.63. The molecule has 3 rings (SSSR count). The van der Waals surface area contributed by atoms with E-state index in [9.17, 15) is 9.59 Å². The maximum absolute atomic E-state index is 12.2. The van der Waals surface area contributed by atoms with Crippen molar-refractivity contribution in [2.24, 2.45) is 0 Å². The van der Waals surface area contributed by atoms with Crippen molar-refractivity contribution in [3.05, 3.63) is 46.3 Å². The van der Waals surface area contributed by atoms with E-state index in [0.717, 1.165) is 10.1 Å². The number of fused-ring (bicyclic) bond motifs is 1. The predicted molar refractivity (Wildman–Crippen MR) is 74.5 cm³/mol. The monoisotopic (exact) mass is 287 g/mol. The molecule has 0 aliphatic rings. The fourth-order valence-corrected chi connectivity index (χ4v) is 2.22. The minimum atomic E-state index is -0.369. The zero-order valence-corrected chi connectivity index (χ0v) is 11.0. The van der Waals surface area contributed by atoms with Crippen molar-refractivity contribution in [1.82, 2.24) is 20.0 Å². The minimum Gasteiger partial charge on any atom is -0.299 e. The highest BCUT2D eigenvalue weighted by Gasteiger charge is 2.09. The molecule has 8 heteroatoms. The van der Waals surface area contributed by atoms with E-state index < -0.39 is 0 Å². The van der Waals surface area contributed by atoms with Gasteiger partial charge in [-0.05, 0) is 6.07 Å². The number of nitrogens with zero attached hydrogens (tertiary/aromatic N) is 4. The Kier molecular flexibility index (Phi) is 3.21. The minimum absolute atomic E-state index is 0.163. The molecule has 1 N–H and O–H groups in total. The fraction of sp³-hybridized carbons (Fsp3) is 0.0833. The van der Waals surface area contributed by atoms with Gasteiger partial charge in [0.1, 0.15) is 12.1 Å². The van der Waals surface area contributed by atoms with E-state index in [0.29, 0.717) is 10.5 Å². The summed E-state index contributed by atoms with van der Waals surface area (Å²) < 4.78 is 1.12. The molecule has 7 nitrogen and oxygen atoms in total. The van der Waals surface area contributed by atoms with Crippen LogP contribution < -0.4 is 10.9 Å². The summed E-state index contributed by atoms with van der Waals surface area (Å²) in [5.74, 6) is -0.369. The molecule has 20 heavy (non-hydrogen) atoms. The molecule has 0 unspecified atom stereocenters. The third-order valence-electron chi connectivity index (χ3n) is 2.66. The molecule has 100 valence electrons. The molecular formula is C12H9N5O2S. The molecule has 0 spiro atoms. The Morgan fingerprint density at radius 3 is 3.00 bits per heavy atom. The summed E-state index contributed by atoms with van der Waals surface area (Å²) in [6.07, 6.45) is 1.56. The van der Waals surface area contributed by atoms with Crippen molar-refractivity contribution in [2.75, 3.05) is 5.32 Å². The summed E-state index contributed by atoms with van der Waals surface area (Å²) in [7, 11) is 0. The van der Waals surface area contributed by atoms with Gasteiger partial charge >= 0.3 is 0 Å². The van der Waals surface area contributed by atoms with Crippen LogP contribution in [0.25, 0.3) is 10.8 Å². The number of aromatic nitrogens is 4. The van der Waals surface area contributed by atoms with E-state index in [1.807, 2.05) is 6.07 Å². The number of anilines is 1. The van der Waals surface area contributed by atoms with Gasteiger partial charge in [-0.3, -0.25) is 14.9 Å². The average molecular weight is 287 g/mol. The maximum Gasteiger partial charge on any atom is 0.275 e. The number of amides is 1. The van der Waals surface area contributed by atoms with Gasteiger partial charge in [0, 0.05) is 5.39 Å². The van der Waals surface area contributed by atoms with Crippen molar-refractivity contribution in [3.63, 3.8) is 0 Å². The van der Waals surface area contributed by atoms with Gasteiger partial charge in [-0.25, -0.2) is 4.68 Å². The third-order valence-corrected chi connectivity index (χ3v) is 3.27. The van der Waals surface area contributed by atoms with Crippen molar-refractivity contribution in [2.45, 2.75) is 6.54 Å². The van der Waals surface area contributed by atoms with Gasteiger partial charge < -0.3 is 0 Å². The first-order chi connectivity index (χ1) is 9.74. The Morgan fingerprint density at radius 1 is 1.35 bits per heavy atom. The maximum atomic E-state index is 12.2. The van der Waals surface area contributed by atoms with Crippen molar-refractivity contribution in [3.8, 4) is 0 Å². The Morgan fingerprint density at radius 2 is 2.20 bits per heavy atom. The van der Waals surface area contributed by atoms with Gasteiger partial charge in [-0.1, -0.05) is 29.5 Å². The summed E-state index contributed by atoms with van der Waals surface area (Å²) in [5.41, 5.74) is 1.21. The molecule has 0 bridgehead atoms. The van der Waals surface area contributed by atoms with Gasteiger partial charge in [-0.2, -0.15) is 5.10 Å². The Hall–Kier alpha value is -2.61. The standard InChI is InChI=1S/C12H9N5O2S/c18-10(15-12-16-13-7-20-12)6-17-11(19)9-4-2-1-3-8(9)5-14-17/h1-5,7H,6H2,(H,15,16,18). The zero-order chi connectivity index (χ0) is 13.9. The number of nitrogens with one attached hydrogen (secondary N) is 1. The van der Waals surface area contributed by atoms with E-state index in [1.54, 1.807) is 24.4 Å². The fourth-order valence-electron chi connectivity index (χ4n) is 1.76. The van der Waals surface area contributed by atoms with Crippen LogP contribution in [0.1, 0.15) is 0 Å². The Balaban J connectivity index is 1.86. The lowest BCUT2D eigenvalue weighted by Crippen LogP contribution is -2.29. The van der Waals surface area contributed by atoms with E-state index >= 15 is 0 Å². The molecule has 0 aliphatic heterocycles. The van der Waals surface area contributed by atoms with Crippen LogP contribution >= 0.6 is 11.3 Å². The second-order valence-corrected chi connectivity index (χ2v) is 4.82. The molecule has 3 aromatic rings. The largest absolute Gasteiger partial charge is 0.299 e. The Labute approximate surface area is 116 Å². The van der Waals surface area contributed by atoms with Crippen LogP contribution in [0.3, 0.4) is 0 Å². The van der Waals surface area contributed by atoms with Gasteiger partial charge in [-0.15, -0.1) is 10.2 Å². The second-order valence-electron chi connectivity index (χ2n) is 3.99. The lowest BCUT2D eigenvalue weighted by Gasteiger charge is -2.05. The molecule has 0 fully saturated rings. The molecule has 2 heterocycles. The molecule has 1 amide bonds. The Bertz CT molecular complexity index is 812. The van der Waals surface area contributed by atoms with E-state index in [-0.39, 0.29) is 18.0 Å². The number of rotatable bonds is 3. The predicted octanol–water partition coefficient (Wildman–Crippen LogP) is 0.887. The normalized spacial score (nSPS) is 10.6. The van der Waals surface area contributed by atoms with Gasteiger partial charge in [0.25, 0.3) is 5.56 Å². The van der Waals surface area contributed by atoms with E-state index in [2.05, 4.69) is 20.6 Å². The van der Waals surface area contributed by atoms with Gasteiger partial charge in [0.2, 0.25) is 11.0 Å². The number of carbonyl (C=O) groups is 1. The molecular weight excluding hydrogens is 278 g/mol. The number of hydrogen-bond acceptors (Lipinski definition) is 6. The number of carbonyl (C=O) groups excluding carboxylic acids is 1. The summed E-state index contributed by atoms with van der Waals surface area (Å²) in [4.78, 5) is 24.0. The summed E-state index contributed by atoms with van der Waals surface area (Å²) >= 11 is 1.21. The van der Waals surface area contributed by atoms with Crippen molar-refractivity contribution >= 4 is 33.1 Å². The first kappa shape index (κ1) is 12.4. The van der Waals surface area contributed by atoms with E-state index in [4.69, 9.17) is 0 Å². The van der Waals surface area contributed by atoms with Crippen molar-refractivity contribution < 1.29 is 4.79 Å². The summed E-state index contributed by atoms with van der Waals surface area (Å²) in [6.45, 7) is -0.163. The van der Waals surface area contributed by atoms with Crippen LogP contribution in [0.2, 0.25) is 0 Å². The zero-order valence-electron chi connectivity index (χ0n) is 10.2. The SMILES string of the molecule is O=C(Cn1ncc2ccccc2c1=O)Nc1nncs1. The highest BCUT2D eigenvalue weighted by atomic mass is 32.1. The third kappa shape index (κ3) is 2.41. The highest BCUT2D eigenvalue weighted by molar-refractivity contribution is 7.13. The molecule has 1 aromatic carbocycles. The van der Waals surface area contributed by atoms with Crippen LogP contribution in [0.15, 0.2) is 40.8 Å². The molecule has 0 saturated heterocycles. The molecule has 2 aromatic heterocycles. The molecule has 0 atom stereocenters. The highest BCUT2D eigenvalue weighted by Crippen LogP contribution is 2.08. The van der Waals surface area contributed by atoms with E-state index in [1.165, 1.54) is 16.8 Å². The summed E-state index contributed by atoms with van der Waals surface area (Å²) in [6, 6.07) is 7.11. The molecule has 0 aliphatic carbocycles. The number of benzene rings is 1. The van der Waals surface area contributed by atoms with Gasteiger partial charge in [0.15, 0.2) is 0 Å². The average Bonchev–Trinajstić information content (AvgIpc) is 2.95. The van der Waals surface area contributed by atoms with Crippen LogP contribution in [0, 0.1) is 0 Å². The lowest BCUT2D eigenvalue weighted by atomic mass is 10.2. The molecule has 0 radical (unpaired) electrons. The topological polar surface area (TPSA) is 89.8 Å².